The Labute approximate surface area is 74.0 Å². The average molecular weight is 167 g/mol. The maximum absolute atomic E-state index is 11.4. The lowest BCUT2D eigenvalue weighted by Gasteiger charge is -2.18. The molecular weight excluding hydrogens is 150 g/mol. The summed E-state index contributed by atoms with van der Waals surface area (Å²) >= 11 is 0. The molecule has 2 nitrogen and oxygen atoms in total. The van der Waals surface area contributed by atoms with Crippen molar-refractivity contribution in [3.05, 3.63) is 12.3 Å². The van der Waals surface area contributed by atoms with Crippen LogP contribution in [-0.4, -0.2) is 12.8 Å². The number of nitrogens with one attached hydrogen (secondary N) is 1. The number of ketones is 1. The highest BCUT2D eigenvalue weighted by Crippen LogP contribution is 2.24. The van der Waals surface area contributed by atoms with Gasteiger partial charge in [-0.25, -0.2) is 0 Å². The fourth-order valence-electron chi connectivity index (χ4n) is 1.69. The van der Waals surface area contributed by atoms with Crippen LogP contribution >= 0.6 is 0 Å². The molecule has 0 heterocycles. The molecule has 0 amide bonds. The van der Waals surface area contributed by atoms with Gasteiger partial charge in [-0.1, -0.05) is 19.3 Å². The van der Waals surface area contributed by atoms with Crippen LogP contribution < -0.4 is 5.32 Å². The van der Waals surface area contributed by atoms with Crippen molar-refractivity contribution < 1.29 is 4.79 Å². The third-order valence-electron chi connectivity index (χ3n) is 2.42. The Morgan fingerprint density at radius 2 is 2.00 bits per heavy atom. The van der Waals surface area contributed by atoms with Crippen molar-refractivity contribution >= 4 is 5.78 Å². The van der Waals surface area contributed by atoms with E-state index in [1.807, 2.05) is 7.05 Å². The molecule has 12 heavy (non-hydrogen) atoms. The summed E-state index contributed by atoms with van der Waals surface area (Å²) in [6, 6.07) is 0. The summed E-state index contributed by atoms with van der Waals surface area (Å²) in [5.74, 6) is 0.604. The van der Waals surface area contributed by atoms with Gasteiger partial charge in [-0.15, -0.1) is 0 Å². The average Bonchev–Trinajstić information content (AvgIpc) is 2.15. The minimum atomic E-state index is 0.295. The Hall–Kier alpha value is -0.790. The second kappa shape index (κ2) is 4.96. The number of carbonyl (C=O) groups is 1. The minimum absolute atomic E-state index is 0.295. The highest BCUT2D eigenvalue weighted by molar-refractivity contribution is 5.91. The van der Waals surface area contributed by atoms with E-state index in [4.69, 9.17) is 0 Å². The largest absolute Gasteiger partial charge is 0.394 e. The van der Waals surface area contributed by atoms with E-state index < -0.39 is 0 Å². The van der Waals surface area contributed by atoms with E-state index in [9.17, 15) is 4.79 Å². The van der Waals surface area contributed by atoms with E-state index in [0.717, 1.165) is 12.8 Å². The van der Waals surface area contributed by atoms with E-state index in [1.165, 1.54) is 19.3 Å². The standard InChI is InChI=1S/C10H17NO/c1-11-8-7-10(12)9-5-3-2-4-6-9/h7-9,11H,2-6H2,1H3/b8-7+. The third kappa shape index (κ3) is 2.68. The molecule has 0 radical (unpaired) electrons. The van der Waals surface area contributed by atoms with Gasteiger partial charge in [-0.05, 0) is 25.1 Å². The monoisotopic (exact) mass is 167 g/mol. The maximum atomic E-state index is 11.4. The SMILES string of the molecule is CN/C=C/C(=O)C1CCCCC1. The van der Waals surface area contributed by atoms with E-state index in [2.05, 4.69) is 5.32 Å². The Balaban J connectivity index is 2.34. The lowest BCUT2D eigenvalue weighted by atomic mass is 9.86. The van der Waals surface area contributed by atoms with Crippen LogP contribution in [0.2, 0.25) is 0 Å². The number of allylic oxidation sites excluding steroid dienone is 1. The van der Waals surface area contributed by atoms with Crippen molar-refractivity contribution in [2.75, 3.05) is 7.05 Å². The molecule has 0 aliphatic heterocycles. The summed E-state index contributed by atoms with van der Waals surface area (Å²) in [7, 11) is 1.81. The zero-order chi connectivity index (χ0) is 8.81. The molecule has 2 heteroatoms. The van der Waals surface area contributed by atoms with Crippen molar-refractivity contribution in [3.8, 4) is 0 Å². The summed E-state index contributed by atoms with van der Waals surface area (Å²) in [5, 5.41) is 2.84. The fraction of sp³-hybridized carbons (Fsp3) is 0.700. The van der Waals surface area contributed by atoms with Crippen LogP contribution in [0.5, 0.6) is 0 Å². The summed E-state index contributed by atoms with van der Waals surface area (Å²) in [5.41, 5.74) is 0. The third-order valence-corrected chi connectivity index (χ3v) is 2.42. The van der Waals surface area contributed by atoms with Crippen molar-refractivity contribution in [1.29, 1.82) is 0 Å². The number of hydrogen-bond acceptors (Lipinski definition) is 2. The molecule has 1 N–H and O–H groups in total. The van der Waals surface area contributed by atoms with Gasteiger partial charge in [-0.3, -0.25) is 4.79 Å². The van der Waals surface area contributed by atoms with Gasteiger partial charge in [0.05, 0.1) is 0 Å². The predicted octanol–water partition coefficient (Wildman–Crippen LogP) is 1.87. The van der Waals surface area contributed by atoms with Gasteiger partial charge in [0.2, 0.25) is 0 Å². The zero-order valence-electron chi connectivity index (χ0n) is 7.68. The molecule has 0 aromatic rings. The minimum Gasteiger partial charge on any atom is -0.394 e. The molecule has 0 aromatic heterocycles. The van der Waals surface area contributed by atoms with Crippen molar-refractivity contribution in [2.24, 2.45) is 5.92 Å². The Kier molecular flexibility index (Phi) is 3.85. The van der Waals surface area contributed by atoms with Crippen LogP contribution in [0.25, 0.3) is 0 Å². The zero-order valence-corrected chi connectivity index (χ0v) is 7.68. The molecule has 1 saturated carbocycles. The van der Waals surface area contributed by atoms with Crippen LogP contribution in [0, 0.1) is 5.92 Å². The summed E-state index contributed by atoms with van der Waals surface area (Å²) in [6.07, 6.45) is 9.32. The molecule has 0 saturated heterocycles. The lowest BCUT2D eigenvalue weighted by molar-refractivity contribution is -0.119. The van der Waals surface area contributed by atoms with Gasteiger partial charge in [0.15, 0.2) is 5.78 Å². The molecule has 0 unspecified atom stereocenters. The van der Waals surface area contributed by atoms with Crippen molar-refractivity contribution in [3.63, 3.8) is 0 Å². The molecular formula is C10H17NO. The normalized spacial score (nSPS) is 19.8. The molecule has 0 aromatic carbocycles. The number of rotatable bonds is 3. The van der Waals surface area contributed by atoms with E-state index in [1.54, 1.807) is 12.3 Å². The predicted molar refractivity (Wildman–Crippen MR) is 49.8 cm³/mol. The van der Waals surface area contributed by atoms with Gasteiger partial charge in [0.1, 0.15) is 0 Å². The maximum Gasteiger partial charge on any atom is 0.160 e. The number of carbonyl (C=O) groups excluding carboxylic acids is 1. The van der Waals surface area contributed by atoms with E-state index >= 15 is 0 Å². The smallest absolute Gasteiger partial charge is 0.160 e. The molecule has 68 valence electrons. The van der Waals surface area contributed by atoms with E-state index in [0.29, 0.717) is 11.7 Å². The first-order valence-corrected chi connectivity index (χ1v) is 4.72. The molecule has 0 spiro atoms. The van der Waals surface area contributed by atoms with Gasteiger partial charge in [0.25, 0.3) is 0 Å². The van der Waals surface area contributed by atoms with Crippen LogP contribution in [0.1, 0.15) is 32.1 Å². The van der Waals surface area contributed by atoms with Crippen LogP contribution in [0.15, 0.2) is 12.3 Å². The molecule has 1 rings (SSSR count). The number of hydrogen-bond donors (Lipinski definition) is 1. The van der Waals surface area contributed by atoms with Crippen LogP contribution in [-0.2, 0) is 4.79 Å². The van der Waals surface area contributed by atoms with Gasteiger partial charge in [0, 0.05) is 13.0 Å². The van der Waals surface area contributed by atoms with Gasteiger partial charge >= 0.3 is 0 Å². The molecule has 1 fully saturated rings. The van der Waals surface area contributed by atoms with Crippen LogP contribution in [0.3, 0.4) is 0 Å². The Morgan fingerprint density at radius 1 is 1.33 bits per heavy atom. The first kappa shape index (κ1) is 9.30. The summed E-state index contributed by atoms with van der Waals surface area (Å²) < 4.78 is 0. The molecule has 1 aliphatic carbocycles. The Morgan fingerprint density at radius 3 is 2.58 bits per heavy atom. The highest BCUT2D eigenvalue weighted by atomic mass is 16.1. The van der Waals surface area contributed by atoms with Crippen molar-refractivity contribution in [1.82, 2.24) is 5.32 Å². The van der Waals surface area contributed by atoms with Crippen molar-refractivity contribution in [2.45, 2.75) is 32.1 Å². The summed E-state index contributed by atoms with van der Waals surface area (Å²) in [4.78, 5) is 11.4. The van der Waals surface area contributed by atoms with Gasteiger partial charge < -0.3 is 5.32 Å². The summed E-state index contributed by atoms with van der Waals surface area (Å²) in [6.45, 7) is 0. The lowest BCUT2D eigenvalue weighted by Crippen LogP contribution is -2.15. The highest BCUT2D eigenvalue weighted by Gasteiger charge is 2.18. The molecule has 0 atom stereocenters. The second-order valence-corrected chi connectivity index (χ2v) is 3.36. The van der Waals surface area contributed by atoms with Gasteiger partial charge in [-0.2, -0.15) is 0 Å². The molecule has 0 bridgehead atoms. The topological polar surface area (TPSA) is 29.1 Å². The molecule has 1 aliphatic rings. The quantitative estimate of drug-likeness (QED) is 0.650. The van der Waals surface area contributed by atoms with Crippen LogP contribution in [0.4, 0.5) is 0 Å². The first-order chi connectivity index (χ1) is 5.84. The fourth-order valence-corrected chi connectivity index (χ4v) is 1.69. The second-order valence-electron chi connectivity index (χ2n) is 3.36. The first-order valence-electron chi connectivity index (χ1n) is 4.72. The Bertz CT molecular complexity index is 169. The van der Waals surface area contributed by atoms with E-state index in [-0.39, 0.29) is 0 Å².